The number of hydrogen-bond acceptors (Lipinski definition) is 3. The summed E-state index contributed by atoms with van der Waals surface area (Å²) in [6, 6.07) is 0.606. The van der Waals surface area contributed by atoms with Crippen LogP contribution < -0.4 is 5.73 Å². The smallest absolute Gasteiger partial charge is 0.0502 e. The summed E-state index contributed by atoms with van der Waals surface area (Å²) in [5.41, 5.74) is 5.72. The Hall–Kier alpha value is -0.120. The van der Waals surface area contributed by atoms with E-state index in [0.717, 1.165) is 19.1 Å². The van der Waals surface area contributed by atoms with Crippen LogP contribution in [0.2, 0.25) is 0 Å². The first-order valence-electron chi connectivity index (χ1n) is 6.12. The van der Waals surface area contributed by atoms with Crippen LogP contribution in [0.15, 0.2) is 0 Å². The van der Waals surface area contributed by atoms with Gasteiger partial charge in [-0.2, -0.15) is 0 Å². The molecule has 0 aliphatic carbocycles. The van der Waals surface area contributed by atoms with Gasteiger partial charge in [-0.25, -0.2) is 0 Å². The molecule has 0 aromatic carbocycles. The molecule has 1 heterocycles. The topological polar surface area (TPSA) is 38.5 Å². The van der Waals surface area contributed by atoms with Gasteiger partial charge in [0.15, 0.2) is 0 Å². The minimum atomic E-state index is 0.589. The summed E-state index contributed by atoms with van der Waals surface area (Å²) in [6.07, 6.45) is 2.61. The van der Waals surface area contributed by atoms with Crippen molar-refractivity contribution >= 4 is 0 Å². The van der Waals surface area contributed by atoms with Crippen molar-refractivity contribution < 1.29 is 4.74 Å². The van der Waals surface area contributed by atoms with E-state index in [1.807, 2.05) is 0 Å². The number of rotatable bonds is 5. The van der Waals surface area contributed by atoms with Gasteiger partial charge in [-0.15, -0.1) is 0 Å². The maximum Gasteiger partial charge on any atom is 0.0502 e. The van der Waals surface area contributed by atoms with Crippen molar-refractivity contribution in [3.05, 3.63) is 0 Å². The average Bonchev–Trinajstić information content (AvgIpc) is 2.28. The van der Waals surface area contributed by atoms with Crippen LogP contribution in [0, 0.1) is 11.8 Å². The molecule has 3 heteroatoms. The molecule has 0 amide bonds. The van der Waals surface area contributed by atoms with Gasteiger partial charge in [-0.3, -0.25) is 4.90 Å². The Bertz CT molecular complexity index is 173. The number of piperidine rings is 1. The predicted octanol–water partition coefficient (Wildman–Crippen LogP) is 1.33. The highest BCUT2D eigenvalue weighted by Gasteiger charge is 2.25. The maximum atomic E-state index is 5.72. The van der Waals surface area contributed by atoms with Crippen LogP contribution in [0.1, 0.15) is 26.7 Å². The Morgan fingerprint density at radius 3 is 2.80 bits per heavy atom. The number of ether oxygens (including phenoxy) is 1. The molecule has 0 radical (unpaired) electrons. The zero-order chi connectivity index (χ0) is 11.3. The number of methoxy groups -OCH3 is 1. The van der Waals surface area contributed by atoms with E-state index in [0.29, 0.717) is 12.0 Å². The van der Waals surface area contributed by atoms with Crippen LogP contribution in [0.25, 0.3) is 0 Å². The van der Waals surface area contributed by atoms with E-state index in [1.54, 1.807) is 7.11 Å². The second-order valence-corrected chi connectivity index (χ2v) is 4.91. The molecule has 1 rings (SSSR count). The Kier molecular flexibility index (Phi) is 5.58. The fraction of sp³-hybridized carbons (Fsp3) is 1.00. The third-order valence-electron chi connectivity index (χ3n) is 3.72. The van der Waals surface area contributed by atoms with E-state index >= 15 is 0 Å². The Balaban J connectivity index is 2.41. The lowest BCUT2D eigenvalue weighted by molar-refractivity contribution is 0.0591. The third-order valence-corrected chi connectivity index (χ3v) is 3.72. The van der Waals surface area contributed by atoms with Gasteiger partial charge in [0.1, 0.15) is 0 Å². The van der Waals surface area contributed by atoms with Crippen molar-refractivity contribution in [2.45, 2.75) is 32.7 Å². The fourth-order valence-electron chi connectivity index (χ4n) is 2.40. The lowest BCUT2D eigenvalue weighted by Gasteiger charge is -2.38. The quantitative estimate of drug-likeness (QED) is 0.750. The van der Waals surface area contributed by atoms with Crippen LogP contribution in [-0.4, -0.2) is 44.3 Å². The molecular formula is C12H26N2O. The second kappa shape index (κ2) is 6.46. The van der Waals surface area contributed by atoms with Crippen molar-refractivity contribution in [3.8, 4) is 0 Å². The van der Waals surface area contributed by atoms with E-state index in [1.165, 1.54) is 25.9 Å². The first-order valence-corrected chi connectivity index (χ1v) is 6.12. The molecule has 0 spiro atoms. The van der Waals surface area contributed by atoms with E-state index < -0.39 is 0 Å². The first-order chi connectivity index (χ1) is 7.19. The normalized spacial score (nSPS) is 27.6. The van der Waals surface area contributed by atoms with Crippen molar-refractivity contribution in [2.24, 2.45) is 17.6 Å². The largest absolute Gasteiger partial charge is 0.384 e. The summed E-state index contributed by atoms with van der Waals surface area (Å²) in [5.74, 6) is 1.31. The molecule has 3 nitrogen and oxygen atoms in total. The van der Waals surface area contributed by atoms with Gasteiger partial charge >= 0.3 is 0 Å². The number of hydrogen-bond donors (Lipinski definition) is 1. The predicted molar refractivity (Wildman–Crippen MR) is 63.9 cm³/mol. The van der Waals surface area contributed by atoms with Gasteiger partial charge in [0.25, 0.3) is 0 Å². The highest BCUT2D eigenvalue weighted by Crippen LogP contribution is 2.21. The summed E-state index contributed by atoms with van der Waals surface area (Å²) in [4.78, 5) is 2.57. The molecule has 2 N–H and O–H groups in total. The monoisotopic (exact) mass is 214 g/mol. The standard InChI is InChI=1S/C12H26N2O/c1-10(7-13)11(2)14-6-4-5-12(8-14)9-15-3/h10-12H,4-9,13H2,1-3H3. The van der Waals surface area contributed by atoms with Crippen LogP contribution in [0.4, 0.5) is 0 Å². The summed E-state index contributed by atoms with van der Waals surface area (Å²) < 4.78 is 5.24. The molecular weight excluding hydrogens is 188 g/mol. The molecule has 1 fully saturated rings. The van der Waals surface area contributed by atoms with Gasteiger partial charge in [0.05, 0.1) is 6.61 Å². The van der Waals surface area contributed by atoms with Crippen molar-refractivity contribution in [2.75, 3.05) is 33.4 Å². The van der Waals surface area contributed by atoms with E-state index in [-0.39, 0.29) is 0 Å². The van der Waals surface area contributed by atoms with E-state index in [2.05, 4.69) is 18.7 Å². The minimum Gasteiger partial charge on any atom is -0.384 e. The average molecular weight is 214 g/mol. The van der Waals surface area contributed by atoms with Gasteiger partial charge in [-0.05, 0) is 44.7 Å². The lowest BCUT2D eigenvalue weighted by Crippen LogP contribution is -2.46. The summed E-state index contributed by atoms with van der Waals surface area (Å²) >= 11 is 0. The van der Waals surface area contributed by atoms with Gasteiger partial charge in [-0.1, -0.05) is 6.92 Å². The molecule has 15 heavy (non-hydrogen) atoms. The molecule has 0 aromatic rings. The molecule has 0 aromatic heterocycles. The summed E-state index contributed by atoms with van der Waals surface area (Å²) in [6.45, 7) is 8.63. The van der Waals surface area contributed by atoms with Crippen LogP contribution >= 0.6 is 0 Å². The van der Waals surface area contributed by atoms with Gasteiger partial charge < -0.3 is 10.5 Å². The van der Waals surface area contributed by atoms with Gasteiger partial charge in [0, 0.05) is 19.7 Å². The summed E-state index contributed by atoms with van der Waals surface area (Å²) in [7, 11) is 1.80. The lowest BCUT2D eigenvalue weighted by atomic mass is 9.94. The molecule has 90 valence electrons. The van der Waals surface area contributed by atoms with E-state index in [4.69, 9.17) is 10.5 Å². The zero-order valence-corrected chi connectivity index (χ0v) is 10.4. The van der Waals surface area contributed by atoms with Crippen LogP contribution in [0.3, 0.4) is 0 Å². The highest BCUT2D eigenvalue weighted by molar-refractivity contribution is 4.79. The molecule has 1 saturated heterocycles. The Labute approximate surface area is 94.0 Å². The fourth-order valence-corrected chi connectivity index (χ4v) is 2.40. The third kappa shape index (κ3) is 3.74. The Morgan fingerprint density at radius 2 is 2.20 bits per heavy atom. The first kappa shape index (κ1) is 12.9. The maximum absolute atomic E-state index is 5.72. The van der Waals surface area contributed by atoms with E-state index in [9.17, 15) is 0 Å². The molecule has 3 atom stereocenters. The zero-order valence-electron chi connectivity index (χ0n) is 10.4. The van der Waals surface area contributed by atoms with Crippen molar-refractivity contribution in [3.63, 3.8) is 0 Å². The molecule has 1 aliphatic heterocycles. The molecule has 1 aliphatic rings. The number of nitrogens with two attached hydrogens (primary N) is 1. The SMILES string of the molecule is COCC1CCCN(C(C)C(C)CN)C1. The highest BCUT2D eigenvalue weighted by atomic mass is 16.5. The van der Waals surface area contributed by atoms with Gasteiger partial charge in [0.2, 0.25) is 0 Å². The number of likely N-dealkylation sites (tertiary alicyclic amines) is 1. The molecule has 3 unspecified atom stereocenters. The van der Waals surface area contributed by atoms with Crippen LogP contribution in [-0.2, 0) is 4.74 Å². The minimum absolute atomic E-state index is 0.589. The second-order valence-electron chi connectivity index (χ2n) is 4.91. The Morgan fingerprint density at radius 1 is 1.47 bits per heavy atom. The molecule has 0 saturated carbocycles. The number of nitrogens with zero attached hydrogens (tertiary/aromatic N) is 1. The summed E-state index contributed by atoms with van der Waals surface area (Å²) in [5, 5.41) is 0. The molecule has 0 bridgehead atoms. The van der Waals surface area contributed by atoms with Crippen molar-refractivity contribution in [1.82, 2.24) is 4.90 Å². The van der Waals surface area contributed by atoms with Crippen LogP contribution in [0.5, 0.6) is 0 Å². The van der Waals surface area contributed by atoms with Crippen molar-refractivity contribution in [1.29, 1.82) is 0 Å².